The zero-order chi connectivity index (χ0) is 20.0. The Morgan fingerprint density at radius 2 is 1.89 bits per heavy atom. The Bertz CT molecular complexity index is 763. The minimum Gasteiger partial charge on any atom is -0.496 e. The van der Waals surface area contributed by atoms with Crippen molar-refractivity contribution in [2.45, 2.75) is 57.1 Å². The summed E-state index contributed by atoms with van der Waals surface area (Å²) in [7, 11) is 1.75. The topological polar surface area (TPSA) is 30.5 Å². The van der Waals surface area contributed by atoms with Gasteiger partial charge in [0.15, 0.2) is 0 Å². The lowest BCUT2D eigenvalue weighted by Gasteiger charge is -2.47. The summed E-state index contributed by atoms with van der Waals surface area (Å²) >= 11 is 0. The number of nitrogens with one attached hydrogen (secondary N) is 1. The predicted molar refractivity (Wildman–Crippen MR) is 111 cm³/mol. The van der Waals surface area contributed by atoms with Crippen LogP contribution in [0.2, 0.25) is 0 Å². The van der Waals surface area contributed by atoms with E-state index < -0.39 is 0 Å². The molecular weight excluding hydrogens is 353 g/mol. The molecule has 1 heterocycles. The van der Waals surface area contributed by atoms with Crippen LogP contribution in [0.4, 0.5) is 4.39 Å². The lowest BCUT2D eigenvalue weighted by Crippen LogP contribution is -2.46. The maximum absolute atomic E-state index is 13.1. The molecule has 4 heteroatoms. The third kappa shape index (κ3) is 4.73. The molecular formula is C24H32FNO2. The smallest absolute Gasteiger partial charge is 0.123 e. The first-order valence-corrected chi connectivity index (χ1v) is 10.2. The van der Waals surface area contributed by atoms with Crippen LogP contribution in [0, 0.1) is 5.82 Å². The zero-order valence-electron chi connectivity index (χ0n) is 17.3. The van der Waals surface area contributed by atoms with Crippen molar-refractivity contribution in [2.24, 2.45) is 0 Å². The molecule has 3 nitrogen and oxygen atoms in total. The number of benzene rings is 2. The van der Waals surface area contributed by atoms with Gasteiger partial charge in [-0.05, 0) is 62.9 Å². The summed E-state index contributed by atoms with van der Waals surface area (Å²) in [5.41, 5.74) is 2.28. The summed E-state index contributed by atoms with van der Waals surface area (Å²) < 4.78 is 25.0. The van der Waals surface area contributed by atoms with Crippen LogP contribution in [0.3, 0.4) is 0 Å². The average molecular weight is 386 g/mol. The zero-order valence-corrected chi connectivity index (χ0v) is 17.3. The minimum atomic E-state index is -0.195. The van der Waals surface area contributed by atoms with E-state index in [1.807, 2.05) is 18.2 Å². The van der Waals surface area contributed by atoms with Crippen LogP contribution < -0.4 is 10.1 Å². The van der Waals surface area contributed by atoms with Crippen LogP contribution in [-0.4, -0.2) is 25.9 Å². The summed E-state index contributed by atoms with van der Waals surface area (Å²) in [6.45, 7) is 6.81. The fourth-order valence-corrected chi connectivity index (χ4v) is 4.40. The van der Waals surface area contributed by atoms with Gasteiger partial charge >= 0.3 is 0 Å². The molecule has 1 aliphatic rings. The maximum atomic E-state index is 13.1. The Balaban J connectivity index is 1.76. The van der Waals surface area contributed by atoms with E-state index in [1.54, 1.807) is 7.11 Å². The average Bonchev–Trinajstić information content (AvgIpc) is 2.72. The second-order valence-corrected chi connectivity index (χ2v) is 8.11. The highest BCUT2D eigenvalue weighted by Crippen LogP contribution is 2.47. The molecule has 2 aromatic carbocycles. The molecule has 28 heavy (non-hydrogen) atoms. The lowest BCUT2D eigenvalue weighted by molar-refractivity contribution is -0.0982. The SMILES string of the molecule is CC[C@@]1(C)C[C@@](CCNCc2ccc(F)cc2)(c2ccccc2OC)CCO1. The Labute approximate surface area is 168 Å². The van der Waals surface area contributed by atoms with E-state index in [9.17, 15) is 4.39 Å². The van der Waals surface area contributed by atoms with Gasteiger partial charge in [0.2, 0.25) is 0 Å². The van der Waals surface area contributed by atoms with E-state index in [1.165, 1.54) is 17.7 Å². The van der Waals surface area contributed by atoms with Gasteiger partial charge in [0, 0.05) is 24.1 Å². The third-order valence-electron chi connectivity index (χ3n) is 6.19. The number of ether oxygens (including phenoxy) is 2. The van der Waals surface area contributed by atoms with Crippen molar-refractivity contribution < 1.29 is 13.9 Å². The van der Waals surface area contributed by atoms with Crippen molar-refractivity contribution in [1.29, 1.82) is 0 Å². The molecule has 2 aromatic rings. The largest absolute Gasteiger partial charge is 0.496 e. The fraction of sp³-hybridized carbons (Fsp3) is 0.500. The Morgan fingerprint density at radius 3 is 2.61 bits per heavy atom. The van der Waals surface area contributed by atoms with Gasteiger partial charge in [-0.1, -0.05) is 37.3 Å². The highest BCUT2D eigenvalue weighted by atomic mass is 19.1. The van der Waals surface area contributed by atoms with Gasteiger partial charge in [0.05, 0.1) is 12.7 Å². The van der Waals surface area contributed by atoms with Gasteiger partial charge in [-0.25, -0.2) is 4.39 Å². The summed E-state index contributed by atoms with van der Waals surface area (Å²) in [6.07, 6.45) is 3.97. The molecule has 0 aromatic heterocycles. The van der Waals surface area contributed by atoms with E-state index in [4.69, 9.17) is 9.47 Å². The first-order valence-electron chi connectivity index (χ1n) is 10.2. The Morgan fingerprint density at radius 1 is 1.14 bits per heavy atom. The van der Waals surface area contributed by atoms with E-state index >= 15 is 0 Å². The van der Waals surface area contributed by atoms with Crippen molar-refractivity contribution >= 4 is 0 Å². The van der Waals surface area contributed by atoms with Gasteiger partial charge in [-0.15, -0.1) is 0 Å². The predicted octanol–water partition coefficient (Wildman–Crippen LogP) is 5.23. The van der Waals surface area contributed by atoms with Gasteiger partial charge in [0.1, 0.15) is 11.6 Å². The molecule has 1 N–H and O–H groups in total. The second kappa shape index (κ2) is 9.06. The molecule has 0 bridgehead atoms. The van der Waals surface area contributed by atoms with Gasteiger partial charge < -0.3 is 14.8 Å². The molecule has 152 valence electrons. The molecule has 0 radical (unpaired) electrons. The summed E-state index contributed by atoms with van der Waals surface area (Å²) in [5.74, 6) is 0.765. The Kier molecular flexibility index (Phi) is 6.73. The van der Waals surface area contributed by atoms with E-state index in [0.717, 1.165) is 56.7 Å². The number of halogens is 1. The van der Waals surface area contributed by atoms with E-state index in [0.29, 0.717) is 0 Å². The molecule has 1 fully saturated rings. The fourth-order valence-electron chi connectivity index (χ4n) is 4.40. The van der Waals surface area contributed by atoms with Crippen LogP contribution in [0.1, 0.15) is 50.7 Å². The number of rotatable bonds is 8. The monoisotopic (exact) mass is 385 g/mol. The first kappa shape index (κ1) is 20.8. The number of methoxy groups -OCH3 is 1. The molecule has 1 saturated heterocycles. The normalized spacial score (nSPS) is 24.9. The second-order valence-electron chi connectivity index (χ2n) is 8.11. The summed E-state index contributed by atoms with van der Waals surface area (Å²) in [5, 5.41) is 3.54. The van der Waals surface area contributed by atoms with E-state index in [2.05, 4.69) is 37.4 Å². The van der Waals surface area contributed by atoms with Crippen molar-refractivity contribution in [1.82, 2.24) is 5.32 Å². The summed E-state index contributed by atoms with van der Waals surface area (Å²) in [4.78, 5) is 0. The van der Waals surface area contributed by atoms with E-state index in [-0.39, 0.29) is 16.8 Å². The van der Waals surface area contributed by atoms with Crippen molar-refractivity contribution in [3.8, 4) is 5.75 Å². The molecule has 0 aliphatic carbocycles. The van der Waals surface area contributed by atoms with Crippen LogP contribution >= 0.6 is 0 Å². The van der Waals surface area contributed by atoms with Crippen molar-refractivity contribution in [2.75, 3.05) is 20.3 Å². The first-order chi connectivity index (χ1) is 13.5. The minimum absolute atomic E-state index is 0.0193. The van der Waals surface area contributed by atoms with Gasteiger partial charge in [0.25, 0.3) is 0 Å². The molecule has 2 atom stereocenters. The molecule has 3 rings (SSSR count). The Hall–Kier alpha value is -1.91. The highest BCUT2D eigenvalue weighted by molar-refractivity contribution is 5.40. The van der Waals surface area contributed by atoms with Crippen LogP contribution in [0.5, 0.6) is 5.75 Å². The molecule has 0 amide bonds. The third-order valence-corrected chi connectivity index (χ3v) is 6.19. The molecule has 0 saturated carbocycles. The maximum Gasteiger partial charge on any atom is 0.123 e. The summed E-state index contributed by atoms with van der Waals surface area (Å²) in [6, 6.07) is 15.1. The standard InChI is InChI=1S/C24H32FNO2/c1-4-23(2)18-24(14-16-28-23,21-7-5-6-8-22(21)27-3)13-15-26-17-19-9-11-20(25)12-10-19/h5-12,26H,4,13-18H2,1-3H3/t23-,24-/m0/s1. The highest BCUT2D eigenvalue weighted by Gasteiger charge is 2.44. The molecule has 0 unspecified atom stereocenters. The van der Waals surface area contributed by atoms with Crippen LogP contribution in [0.15, 0.2) is 48.5 Å². The number of hydrogen-bond acceptors (Lipinski definition) is 3. The molecule has 1 aliphatic heterocycles. The molecule has 0 spiro atoms. The van der Waals surface area contributed by atoms with Gasteiger partial charge in [-0.3, -0.25) is 0 Å². The van der Waals surface area contributed by atoms with Crippen LogP contribution in [0.25, 0.3) is 0 Å². The quantitative estimate of drug-likeness (QED) is 0.631. The van der Waals surface area contributed by atoms with Crippen LogP contribution in [-0.2, 0) is 16.7 Å². The van der Waals surface area contributed by atoms with Crippen molar-refractivity contribution in [3.63, 3.8) is 0 Å². The van der Waals surface area contributed by atoms with Gasteiger partial charge in [-0.2, -0.15) is 0 Å². The lowest BCUT2D eigenvalue weighted by atomic mass is 9.66. The van der Waals surface area contributed by atoms with Crippen molar-refractivity contribution in [3.05, 3.63) is 65.5 Å². The number of hydrogen-bond donors (Lipinski definition) is 1. The number of para-hydroxylation sites is 1.